The van der Waals surface area contributed by atoms with Crippen LogP contribution in [-0.4, -0.2) is 51.3 Å². The zero-order chi connectivity index (χ0) is 19.4. The summed E-state index contributed by atoms with van der Waals surface area (Å²) >= 11 is 1.83. The number of nitrogens with one attached hydrogen (secondary N) is 1. The molecule has 2 aromatic rings. The number of benzene rings is 1. The Morgan fingerprint density at radius 3 is 2.56 bits per heavy atom. The smallest absolute Gasteiger partial charge is 0.251 e. The minimum Gasteiger partial charge on any atom is -0.493 e. The number of fused-ring (bicyclic) bond motifs is 1. The Kier molecular flexibility index (Phi) is 6.23. The monoisotopic (exact) mass is 390 g/mol. The molecule has 1 aromatic heterocycles. The molecule has 6 nitrogen and oxygen atoms in total. The van der Waals surface area contributed by atoms with Gasteiger partial charge in [-0.05, 0) is 42.5 Å². The first-order valence-electron chi connectivity index (χ1n) is 8.94. The predicted molar refractivity (Wildman–Crippen MR) is 106 cm³/mol. The summed E-state index contributed by atoms with van der Waals surface area (Å²) in [5.41, 5.74) is 1.89. The van der Waals surface area contributed by atoms with E-state index in [2.05, 4.69) is 28.6 Å². The van der Waals surface area contributed by atoms with Crippen LogP contribution >= 0.6 is 11.3 Å². The average molecular weight is 391 g/mol. The molecule has 1 aliphatic heterocycles. The van der Waals surface area contributed by atoms with Gasteiger partial charge in [-0.1, -0.05) is 0 Å². The van der Waals surface area contributed by atoms with Gasteiger partial charge in [0, 0.05) is 36.1 Å². The molecule has 1 amide bonds. The maximum absolute atomic E-state index is 12.6. The molecule has 1 unspecified atom stereocenters. The fourth-order valence-corrected chi connectivity index (χ4v) is 4.22. The summed E-state index contributed by atoms with van der Waals surface area (Å²) in [6, 6.07) is 5.79. The van der Waals surface area contributed by atoms with Gasteiger partial charge < -0.3 is 19.5 Å². The number of hydrogen-bond acceptors (Lipinski definition) is 6. The van der Waals surface area contributed by atoms with E-state index in [4.69, 9.17) is 14.2 Å². The van der Waals surface area contributed by atoms with E-state index in [9.17, 15) is 4.79 Å². The van der Waals surface area contributed by atoms with Crippen LogP contribution in [0.4, 0.5) is 0 Å². The molecule has 7 heteroatoms. The first-order valence-corrected chi connectivity index (χ1v) is 9.82. The Balaban J connectivity index is 1.64. The van der Waals surface area contributed by atoms with E-state index < -0.39 is 0 Å². The van der Waals surface area contributed by atoms with Crippen molar-refractivity contribution in [3.05, 3.63) is 39.6 Å². The zero-order valence-electron chi connectivity index (χ0n) is 16.2. The third kappa shape index (κ3) is 4.20. The van der Waals surface area contributed by atoms with Gasteiger partial charge in [-0.25, -0.2) is 0 Å². The summed E-state index contributed by atoms with van der Waals surface area (Å²) < 4.78 is 16.0. The number of thiophene rings is 1. The summed E-state index contributed by atoms with van der Waals surface area (Å²) in [5, 5.41) is 5.18. The first kappa shape index (κ1) is 19.5. The number of ether oxygens (including phenoxy) is 3. The standard InChI is InChI=1S/C20H26N2O4S/c1-13(22-7-5-18-14(12-22)6-8-27-18)11-21-20(23)15-9-16(24-2)19(26-4)17(10-15)25-3/h6,8-10,13H,5,7,11-12H2,1-4H3,(H,21,23). The van der Waals surface area contributed by atoms with E-state index in [-0.39, 0.29) is 11.9 Å². The molecule has 1 aliphatic rings. The van der Waals surface area contributed by atoms with Gasteiger partial charge in [0.1, 0.15) is 0 Å². The topological polar surface area (TPSA) is 60.0 Å². The lowest BCUT2D eigenvalue weighted by atomic mass is 10.1. The van der Waals surface area contributed by atoms with Crippen molar-refractivity contribution in [1.82, 2.24) is 10.2 Å². The number of nitrogens with zero attached hydrogens (tertiary/aromatic N) is 1. The molecule has 0 radical (unpaired) electrons. The summed E-state index contributed by atoms with van der Waals surface area (Å²) in [4.78, 5) is 16.5. The summed E-state index contributed by atoms with van der Waals surface area (Å²) in [5.74, 6) is 1.26. The number of amides is 1. The van der Waals surface area contributed by atoms with Crippen molar-refractivity contribution in [2.45, 2.75) is 25.9 Å². The Bertz CT molecular complexity index is 780. The molecule has 1 N–H and O–H groups in total. The van der Waals surface area contributed by atoms with Crippen molar-refractivity contribution < 1.29 is 19.0 Å². The molecule has 1 aromatic carbocycles. The average Bonchev–Trinajstić information content (AvgIpc) is 3.18. The highest BCUT2D eigenvalue weighted by atomic mass is 32.1. The van der Waals surface area contributed by atoms with E-state index >= 15 is 0 Å². The Morgan fingerprint density at radius 2 is 1.93 bits per heavy atom. The van der Waals surface area contributed by atoms with E-state index in [1.54, 1.807) is 19.2 Å². The van der Waals surface area contributed by atoms with Gasteiger partial charge >= 0.3 is 0 Å². The van der Waals surface area contributed by atoms with Crippen LogP contribution in [-0.2, 0) is 13.0 Å². The molecule has 0 spiro atoms. The highest BCUT2D eigenvalue weighted by Gasteiger charge is 2.22. The third-order valence-electron chi connectivity index (χ3n) is 4.95. The second kappa shape index (κ2) is 8.63. The predicted octanol–water partition coefficient (Wildman–Crippen LogP) is 2.95. The molecule has 0 aliphatic carbocycles. The van der Waals surface area contributed by atoms with Crippen LogP contribution in [0.1, 0.15) is 27.7 Å². The van der Waals surface area contributed by atoms with Crippen LogP contribution in [0.25, 0.3) is 0 Å². The lowest BCUT2D eigenvalue weighted by Gasteiger charge is -2.32. The van der Waals surface area contributed by atoms with Crippen molar-refractivity contribution in [2.75, 3.05) is 34.4 Å². The van der Waals surface area contributed by atoms with Crippen molar-refractivity contribution >= 4 is 17.2 Å². The van der Waals surface area contributed by atoms with Crippen LogP contribution in [0.5, 0.6) is 17.2 Å². The SMILES string of the molecule is COc1cc(C(=O)NCC(C)N2CCc3sccc3C2)cc(OC)c1OC. The highest BCUT2D eigenvalue weighted by Crippen LogP contribution is 2.38. The molecule has 0 fully saturated rings. The van der Waals surface area contributed by atoms with Gasteiger partial charge in [-0.3, -0.25) is 9.69 Å². The summed E-state index contributed by atoms with van der Waals surface area (Å²) in [7, 11) is 4.62. The molecule has 1 atom stereocenters. The molecule has 27 heavy (non-hydrogen) atoms. The minimum absolute atomic E-state index is 0.158. The quantitative estimate of drug-likeness (QED) is 0.788. The number of carbonyl (C=O) groups excluding carboxylic acids is 1. The third-order valence-corrected chi connectivity index (χ3v) is 5.97. The number of hydrogen-bond donors (Lipinski definition) is 1. The summed E-state index contributed by atoms with van der Waals surface area (Å²) in [6.45, 7) is 4.69. The normalized spacial score (nSPS) is 15.0. The van der Waals surface area contributed by atoms with Gasteiger partial charge in [0.2, 0.25) is 5.75 Å². The molecule has 3 rings (SSSR count). The lowest BCUT2D eigenvalue weighted by Crippen LogP contribution is -2.44. The van der Waals surface area contributed by atoms with E-state index in [1.807, 2.05) is 11.3 Å². The van der Waals surface area contributed by atoms with Crippen LogP contribution in [0.3, 0.4) is 0 Å². The van der Waals surface area contributed by atoms with Crippen molar-refractivity contribution in [2.24, 2.45) is 0 Å². The zero-order valence-corrected chi connectivity index (χ0v) is 17.0. The van der Waals surface area contributed by atoms with Gasteiger partial charge in [0.05, 0.1) is 21.3 Å². The minimum atomic E-state index is -0.158. The molecule has 0 saturated heterocycles. The second-order valence-corrected chi connectivity index (χ2v) is 7.56. The van der Waals surface area contributed by atoms with Crippen LogP contribution < -0.4 is 19.5 Å². The first-order chi connectivity index (χ1) is 13.1. The number of rotatable bonds is 7. The van der Waals surface area contributed by atoms with Crippen LogP contribution in [0.2, 0.25) is 0 Å². The second-order valence-electron chi connectivity index (χ2n) is 6.56. The molecule has 0 bridgehead atoms. The van der Waals surface area contributed by atoms with E-state index in [0.29, 0.717) is 29.4 Å². The van der Waals surface area contributed by atoms with Crippen molar-refractivity contribution in [3.8, 4) is 17.2 Å². The van der Waals surface area contributed by atoms with Gasteiger partial charge in [0.15, 0.2) is 11.5 Å². The maximum atomic E-state index is 12.6. The van der Waals surface area contributed by atoms with Crippen molar-refractivity contribution in [3.63, 3.8) is 0 Å². The Labute approximate surface area is 164 Å². The molecular formula is C20H26N2O4S. The number of carbonyl (C=O) groups is 1. The Hall–Kier alpha value is -2.25. The molecular weight excluding hydrogens is 364 g/mol. The highest BCUT2D eigenvalue weighted by molar-refractivity contribution is 7.10. The fraction of sp³-hybridized carbons (Fsp3) is 0.450. The van der Waals surface area contributed by atoms with Crippen LogP contribution in [0, 0.1) is 0 Å². The van der Waals surface area contributed by atoms with E-state index in [0.717, 1.165) is 19.5 Å². The number of methoxy groups -OCH3 is 3. The van der Waals surface area contributed by atoms with Gasteiger partial charge in [-0.15, -0.1) is 11.3 Å². The lowest BCUT2D eigenvalue weighted by molar-refractivity contribution is 0.0932. The van der Waals surface area contributed by atoms with Gasteiger partial charge in [0.25, 0.3) is 5.91 Å². The Morgan fingerprint density at radius 1 is 1.22 bits per heavy atom. The van der Waals surface area contributed by atoms with E-state index in [1.165, 1.54) is 24.7 Å². The maximum Gasteiger partial charge on any atom is 0.251 e. The molecule has 0 saturated carbocycles. The summed E-state index contributed by atoms with van der Waals surface area (Å²) in [6.07, 6.45) is 1.08. The molecule has 2 heterocycles. The molecule has 146 valence electrons. The van der Waals surface area contributed by atoms with Gasteiger partial charge in [-0.2, -0.15) is 0 Å². The van der Waals surface area contributed by atoms with Crippen LogP contribution in [0.15, 0.2) is 23.6 Å². The largest absolute Gasteiger partial charge is 0.493 e. The van der Waals surface area contributed by atoms with Crippen molar-refractivity contribution in [1.29, 1.82) is 0 Å². The fourth-order valence-electron chi connectivity index (χ4n) is 3.33.